The minimum atomic E-state index is -2.12. The van der Waals surface area contributed by atoms with E-state index in [0.29, 0.717) is 0 Å². The van der Waals surface area contributed by atoms with Gasteiger partial charge in [0.05, 0.1) is 0 Å². The summed E-state index contributed by atoms with van der Waals surface area (Å²) >= 11 is 0. The standard InChI is InChI=1S/C5H13NO3/c1-4(7,3-6)5(2,8)9/h7-9H,3,6H2,1-2H3. The lowest BCUT2D eigenvalue weighted by atomic mass is 9.97. The van der Waals surface area contributed by atoms with Crippen molar-refractivity contribution in [1.82, 2.24) is 0 Å². The Bertz CT molecular complexity index is 94.9. The van der Waals surface area contributed by atoms with Gasteiger partial charge in [-0.3, -0.25) is 0 Å². The van der Waals surface area contributed by atoms with Gasteiger partial charge in [0.1, 0.15) is 5.60 Å². The molecule has 1 unspecified atom stereocenters. The molecule has 5 N–H and O–H groups in total. The van der Waals surface area contributed by atoms with E-state index in [2.05, 4.69) is 0 Å². The lowest BCUT2D eigenvalue weighted by Crippen LogP contribution is -2.54. The Morgan fingerprint density at radius 1 is 1.22 bits per heavy atom. The first-order valence-electron chi connectivity index (χ1n) is 2.68. The van der Waals surface area contributed by atoms with Crippen molar-refractivity contribution in [2.24, 2.45) is 5.73 Å². The maximum atomic E-state index is 9.03. The van der Waals surface area contributed by atoms with E-state index in [0.717, 1.165) is 6.92 Å². The van der Waals surface area contributed by atoms with Gasteiger partial charge in [-0.05, 0) is 13.8 Å². The van der Waals surface area contributed by atoms with Crippen molar-refractivity contribution < 1.29 is 15.3 Å². The van der Waals surface area contributed by atoms with E-state index in [4.69, 9.17) is 21.1 Å². The van der Waals surface area contributed by atoms with Crippen LogP contribution in [0.25, 0.3) is 0 Å². The molecule has 0 aromatic rings. The quantitative estimate of drug-likeness (QED) is 0.343. The van der Waals surface area contributed by atoms with Crippen LogP contribution in [0.15, 0.2) is 0 Å². The third-order valence-corrected chi connectivity index (χ3v) is 1.42. The van der Waals surface area contributed by atoms with Gasteiger partial charge in [-0.1, -0.05) is 0 Å². The molecule has 1 atom stereocenters. The van der Waals surface area contributed by atoms with Gasteiger partial charge >= 0.3 is 0 Å². The first-order valence-corrected chi connectivity index (χ1v) is 2.68. The van der Waals surface area contributed by atoms with Crippen molar-refractivity contribution in [3.63, 3.8) is 0 Å². The molecule has 0 rings (SSSR count). The number of nitrogens with two attached hydrogens (primary N) is 1. The lowest BCUT2D eigenvalue weighted by molar-refractivity contribution is -0.252. The van der Waals surface area contributed by atoms with Gasteiger partial charge < -0.3 is 21.1 Å². The van der Waals surface area contributed by atoms with Crippen LogP contribution in [0.4, 0.5) is 0 Å². The summed E-state index contributed by atoms with van der Waals surface area (Å²) < 4.78 is 0. The highest BCUT2D eigenvalue weighted by atomic mass is 16.5. The molecular weight excluding hydrogens is 122 g/mol. The molecular formula is C5H13NO3. The third kappa shape index (κ3) is 1.91. The summed E-state index contributed by atoms with van der Waals surface area (Å²) in [6.45, 7) is 2.16. The maximum absolute atomic E-state index is 9.03. The Labute approximate surface area is 53.9 Å². The maximum Gasteiger partial charge on any atom is 0.190 e. The first-order chi connectivity index (χ1) is 3.81. The monoisotopic (exact) mass is 135 g/mol. The van der Waals surface area contributed by atoms with E-state index >= 15 is 0 Å². The Morgan fingerprint density at radius 2 is 1.56 bits per heavy atom. The van der Waals surface area contributed by atoms with Crippen molar-refractivity contribution in [3.05, 3.63) is 0 Å². The van der Waals surface area contributed by atoms with Gasteiger partial charge in [-0.15, -0.1) is 0 Å². The van der Waals surface area contributed by atoms with Gasteiger partial charge in [0, 0.05) is 6.54 Å². The molecule has 0 aliphatic carbocycles. The van der Waals surface area contributed by atoms with Crippen LogP contribution in [-0.4, -0.2) is 33.3 Å². The summed E-state index contributed by atoms with van der Waals surface area (Å²) in [4.78, 5) is 0. The molecule has 0 aliphatic heterocycles. The zero-order chi connectivity index (χ0) is 7.71. The second-order valence-electron chi connectivity index (χ2n) is 2.50. The van der Waals surface area contributed by atoms with Gasteiger partial charge in [0.25, 0.3) is 0 Å². The van der Waals surface area contributed by atoms with Crippen LogP contribution in [0, 0.1) is 0 Å². The van der Waals surface area contributed by atoms with Gasteiger partial charge in [0.15, 0.2) is 5.79 Å². The zero-order valence-electron chi connectivity index (χ0n) is 5.63. The summed E-state index contributed by atoms with van der Waals surface area (Å²) in [5, 5.41) is 26.6. The van der Waals surface area contributed by atoms with E-state index in [-0.39, 0.29) is 6.54 Å². The van der Waals surface area contributed by atoms with Gasteiger partial charge in [0.2, 0.25) is 0 Å². The number of aliphatic hydroxyl groups is 3. The summed E-state index contributed by atoms with van der Waals surface area (Å²) in [5.74, 6) is -2.12. The first kappa shape index (κ1) is 8.84. The predicted octanol–water partition coefficient (Wildman–Crippen LogP) is -1.60. The summed E-state index contributed by atoms with van der Waals surface area (Å²) in [7, 11) is 0. The van der Waals surface area contributed by atoms with Crippen LogP contribution >= 0.6 is 0 Å². The second kappa shape index (κ2) is 2.22. The zero-order valence-corrected chi connectivity index (χ0v) is 5.63. The average Bonchev–Trinajstić information content (AvgIpc) is 1.64. The molecule has 56 valence electrons. The van der Waals surface area contributed by atoms with Crippen LogP contribution in [0.1, 0.15) is 13.8 Å². The van der Waals surface area contributed by atoms with E-state index in [1.54, 1.807) is 0 Å². The molecule has 0 spiro atoms. The third-order valence-electron chi connectivity index (χ3n) is 1.42. The molecule has 9 heavy (non-hydrogen) atoms. The summed E-state index contributed by atoms with van der Waals surface area (Å²) in [6, 6.07) is 0. The van der Waals surface area contributed by atoms with Crippen molar-refractivity contribution in [1.29, 1.82) is 0 Å². The van der Waals surface area contributed by atoms with Crippen LogP contribution in [0.5, 0.6) is 0 Å². The largest absolute Gasteiger partial charge is 0.383 e. The number of hydrogen-bond donors (Lipinski definition) is 4. The van der Waals surface area contributed by atoms with Crippen LogP contribution < -0.4 is 5.73 Å². The highest BCUT2D eigenvalue weighted by Gasteiger charge is 2.38. The van der Waals surface area contributed by atoms with Gasteiger partial charge in [-0.2, -0.15) is 0 Å². The Balaban J connectivity index is 4.14. The van der Waals surface area contributed by atoms with E-state index in [9.17, 15) is 0 Å². The minimum absolute atomic E-state index is 0.184. The van der Waals surface area contributed by atoms with Crippen molar-refractivity contribution >= 4 is 0 Å². The Hall–Kier alpha value is -0.160. The molecule has 0 fully saturated rings. The van der Waals surface area contributed by atoms with E-state index in [1.807, 2.05) is 0 Å². The molecule has 0 bridgehead atoms. The highest BCUT2D eigenvalue weighted by molar-refractivity contribution is 4.84. The van der Waals surface area contributed by atoms with Gasteiger partial charge in [-0.25, -0.2) is 0 Å². The fourth-order valence-corrected chi connectivity index (χ4v) is 0.193. The van der Waals surface area contributed by atoms with Crippen LogP contribution in [0.3, 0.4) is 0 Å². The smallest absolute Gasteiger partial charge is 0.190 e. The molecule has 0 aromatic carbocycles. The van der Waals surface area contributed by atoms with E-state index < -0.39 is 11.4 Å². The average molecular weight is 135 g/mol. The Kier molecular flexibility index (Phi) is 2.19. The SMILES string of the molecule is CC(O)(O)C(C)(O)CN. The molecule has 0 aliphatic rings. The summed E-state index contributed by atoms with van der Waals surface area (Å²) in [5.41, 5.74) is 3.39. The molecule has 4 nitrogen and oxygen atoms in total. The molecule has 0 saturated carbocycles. The fraction of sp³-hybridized carbons (Fsp3) is 1.00. The number of hydrogen-bond acceptors (Lipinski definition) is 4. The van der Waals surface area contributed by atoms with Crippen LogP contribution in [0.2, 0.25) is 0 Å². The van der Waals surface area contributed by atoms with Crippen LogP contribution in [-0.2, 0) is 0 Å². The molecule has 4 heteroatoms. The van der Waals surface area contributed by atoms with Crippen molar-refractivity contribution in [3.8, 4) is 0 Å². The molecule has 0 heterocycles. The Morgan fingerprint density at radius 3 is 1.56 bits per heavy atom. The second-order valence-corrected chi connectivity index (χ2v) is 2.50. The van der Waals surface area contributed by atoms with Crippen molar-refractivity contribution in [2.45, 2.75) is 25.2 Å². The number of rotatable bonds is 2. The minimum Gasteiger partial charge on any atom is -0.383 e. The topological polar surface area (TPSA) is 86.7 Å². The normalized spacial score (nSPS) is 19.3. The fourth-order valence-electron chi connectivity index (χ4n) is 0.193. The molecule has 0 radical (unpaired) electrons. The highest BCUT2D eigenvalue weighted by Crippen LogP contribution is 2.16. The molecule has 0 amide bonds. The summed E-state index contributed by atoms with van der Waals surface area (Å²) in [6.07, 6.45) is 0. The molecule has 0 aromatic heterocycles. The van der Waals surface area contributed by atoms with Crippen molar-refractivity contribution in [2.75, 3.05) is 6.54 Å². The predicted molar refractivity (Wildman–Crippen MR) is 32.5 cm³/mol. The van der Waals surface area contributed by atoms with E-state index in [1.165, 1.54) is 6.92 Å². The lowest BCUT2D eigenvalue weighted by Gasteiger charge is -2.32. The molecule has 0 saturated heterocycles.